The van der Waals surface area contributed by atoms with Crippen LogP contribution >= 0.6 is 0 Å². The number of urea groups is 1. The normalized spacial score (nSPS) is 11.1. The molecule has 25 heavy (non-hydrogen) atoms. The van der Waals surface area contributed by atoms with Gasteiger partial charge in [0.1, 0.15) is 5.82 Å². The number of halogens is 3. The van der Waals surface area contributed by atoms with E-state index in [0.29, 0.717) is 6.07 Å². The molecular weight excluding hydrogens is 341 g/mol. The fourth-order valence-corrected chi connectivity index (χ4v) is 1.94. The summed E-state index contributed by atoms with van der Waals surface area (Å²) in [5.41, 5.74) is -0.682. The summed E-state index contributed by atoms with van der Waals surface area (Å²) >= 11 is 0. The fraction of sp³-hybridized carbons (Fsp3) is 0.267. The van der Waals surface area contributed by atoms with Crippen LogP contribution in [0.4, 0.5) is 23.8 Å². The van der Waals surface area contributed by atoms with Gasteiger partial charge in [-0.2, -0.15) is 18.3 Å². The number of ether oxygens (including phenoxy) is 1. The second kappa shape index (κ2) is 7.24. The van der Waals surface area contributed by atoms with E-state index >= 15 is 0 Å². The third kappa shape index (κ3) is 4.28. The van der Waals surface area contributed by atoms with Crippen LogP contribution in [0.15, 0.2) is 30.3 Å². The van der Waals surface area contributed by atoms with Crippen LogP contribution in [0, 0.1) is 0 Å². The minimum atomic E-state index is -4.67. The summed E-state index contributed by atoms with van der Waals surface area (Å²) < 4.78 is 44.5. The lowest BCUT2D eigenvalue weighted by atomic mass is 10.2. The lowest BCUT2D eigenvalue weighted by Crippen LogP contribution is -2.25. The average Bonchev–Trinajstić information content (AvgIpc) is 2.99. The Bertz CT molecular complexity index is 769. The third-order valence-corrected chi connectivity index (χ3v) is 3.09. The molecule has 0 aliphatic carbocycles. The maximum atomic E-state index is 12.9. The maximum absolute atomic E-state index is 12.9. The van der Waals surface area contributed by atoms with E-state index in [1.165, 1.54) is 31.3 Å². The van der Waals surface area contributed by atoms with E-state index in [-0.39, 0.29) is 23.7 Å². The van der Waals surface area contributed by atoms with Crippen molar-refractivity contribution in [2.24, 2.45) is 0 Å². The van der Waals surface area contributed by atoms with Gasteiger partial charge in [-0.1, -0.05) is 0 Å². The van der Waals surface area contributed by atoms with Crippen LogP contribution in [-0.2, 0) is 10.9 Å². The van der Waals surface area contributed by atoms with Crippen molar-refractivity contribution in [1.29, 1.82) is 0 Å². The van der Waals surface area contributed by atoms with Gasteiger partial charge in [0.15, 0.2) is 5.69 Å². The maximum Gasteiger partial charge on any atom is 0.435 e. The number of hydrogen-bond donors (Lipinski definition) is 2. The molecule has 0 saturated carbocycles. The first-order valence-corrected chi connectivity index (χ1v) is 7.19. The zero-order valence-corrected chi connectivity index (χ0v) is 13.3. The van der Waals surface area contributed by atoms with Crippen molar-refractivity contribution in [2.45, 2.75) is 13.1 Å². The zero-order valence-electron chi connectivity index (χ0n) is 13.3. The van der Waals surface area contributed by atoms with Crippen molar-refractivity contribution >= 4 is 17.8 Å². The molecular formula is C15H15F3N4O3. The fourth-order valence-electron chi connectivity index (χ4n) is 1.94. The molecule has 2 aromatic rings. The van der Waals surface area contributed by atoms with Gasteiger partial charge in [0.2, 0.25) is 0 Å². The Kier molecular flexibility index (Phi) is 5.30. The Morgan fingerprint density at radius 3 is 2.40 bits per heavy atom. The number of amides is 2. The molecule has 0 atom stereocenters. The number of aromatic nitrogens is 2. The lowest BCUT2D eigenvalue weighted by Gasteiger charge is -2.09. The smallest absolute Gasteiger partial charge is 0.435 e. The first-order chi connectivity index (χ1) is 11.8. The molecule has 1 aromatic heterocycles. The summed E-state index contributed by atoms with van der Waals surface area (Å²) in [6.45, 7) is 1.86. The zero-order chi connectivity index (χ0) is 18.6. The van der Waals surface area contributed by atoms with Crippen LogP contribution in [0.3, 0.4) is 0 Å². The van der Waals surface area contributed by atoms with Crippen LogP contribution in [0.2, 0.25) is 0 Å². The first kappa shape index (κ1) is 18.3. The van der Waals surface area contributed by atoms with E-state index in [0.717, 1.165) is 4.68 Å². The van der Waals surface area contributed by atoms with Crippen molar-refractivity contribution in [3.63, 3.8) is 0 Å². The Morgan fingerprint density at radius 1 is 1.24 bits per heavy atom. The van der Waals surface area contributed by atoms with Gasteiger partial charge in [0, 0.05) is 13.1 Å². The van der Waals surface area contributed by atoms with Crippen LogP contribution in [-0.4, -0.2) is 35.4 Å². The number of anilines is 1. The predicted molar refractivity (Wildman–Crippen MR) is 82.6 cm³/mol. The quantitative estimate of drug-likeness (QED) is 0.825. The van der Waals surface area contributed by atoms with Gasteiger partial charge < -0.3 is 10.1 Å². The van der Waals surface area contributed by atoms with E-state index in [2.05, 4.69) is 15.7 Å². The highest BCUT2D eigenvalue weighted by Crippen LogP contribution is 2.31. The van der Waals surface area contributed by atoms with Gasteiger partial charge in [-0.25, -0.2) is 14.3 Å². The van der Waals surface area contributed by atoms with Crippen LogP contribution in [0.1, 0.15) is 23.0 Å². The number of carbonyl (C=O) groups is 2. The van der Waals surface area contributed by atoms with E-state index < -0.39 is 23.9 Å². The van der Waals surface area contributed by atoms with Gasteiger partial charge in [-0.3, -0.25) is 5.32 Å². The Labute approximate surface area is 140 Å². The van der Waals surface area contributed by atoms with Crippen molar-refractivity contribution in [3.05, 3.63) is 41.6 Å². The van der Waals surface area contributed by atoms with E-state index in [4.69, 9.17) is 4.74 Å². The average molecular weight is 356 g/mol. The Morgan fingerprint density at radius 2 is 1.88 bits per heavy atom. The Hall–Kier alpha value is -3.04. The minimum absolute atomic E-state index is 0.171. The molecule has 0 unspecified atom stereocenters. The second-order valence-electron chi connectivity index (χ2n) is 4.80. The highest BCUT2D eigenvalue weighted by atomic mass is 19.4. The second-order valence-corrected chi connectivity index (χ2v) is 4.80. The number of carbonyl (C=O) groups excluding carboxylic acids is 2. The molecule has 1 aromatic carbocycles. The number of alkyl halides is 3. The van der Waals surface area contributed by atoms with Crippen LogP contribution < -0.4 is 10.6 Å². The number of nitrogens with zero attached hydrogens (tertiary/aromatic N) is 2. The first-order valence-electron chi connectivity index (χ1n) is 7.19. The number of nitrogens with one attached hydrogen (secondary N) is 2. The van der Waals surface area contributed by atoms with Crippen molar-refractivity contribution in [2.75, 3.05) is 19.0 Å². The summed E-state index contributed by atoms with van der Waals surface area (Å²) in [7, 11) is 1.33. The molecule has 0 radical (unpaired) electrons. The standard InChI is InChI=1S/C15H15F3N4O3/c1-3-25-13(23)9-4-6-10(7-5-9)22-12(20-14(24)19-2)8-11(21-22)15(16,17)18/h4-8H,3H2,1-2H3,(H2,19,20,24). The van der Waals surface area contributed by atoms with Crippen molar-refractivity contribution in [3.8, 4) is 5.69 Å². The van der Waals surface area contributed by atoms with E-state index in [1.54, 1.807) is 6.92 Å². The minimum Gasteiger partial charge on any atom is -0.462 e. The molecule has 134 valence electrons. The van der Waals surface area contributed by atoms with Crippen molar-refractivity contribution < 1.29 is 27.5 Å². The summed E-state index contributed by atoms with van der Waals surface area (Å²) in [6, 6.07) is 5.60. The topological polar surface area (TPSA) is 85.2 Å². The van der Waals surface area contributed by atoms with Gasteiger partial charge in [-0.15, -0.1) is 0 Å². The van der Waals surface area contributed by atoms with Gasteiger partial charge >= 0.3 is 18.2 Å². The lowest BCUT2D eigenvalue weighted by molar-refractivity contribution is -0.141. The molecule has 0 saturated heterocycles. The van der Waals surface area contributed by atoms with E-state index in [1.807, 2.05) is 0 Å². The van der Waals surface area contributed by atoms with Crippen LogP contribution in [0.5, 0.6) is 0 Å². The van der Waals surface area contributed by atoms with Crippen molar-refractivity contribution in [1.82, 2.24) is 15.1 Å². The summed E-state index contributed by atoms with van der Waals surface area (Å²) in [5, 5.41) is 8.00. The third-order valence-electron chi connectivity index (χ3n) is 3.09. The molecule has 0 bridgehead atoms. The summed E-state index contributed by atoms with van der Waals surface area (Å²) in [4.78, 5) is 23.1. The molecule has 2 rings (SSSR count). The predicted octanol–water partition coefficient (Wildman–Crippen LogP) is 2.82. The largest absolute Gasteiger partial charge is 0.462 e. The van der Waals surface area contributed by atoms with Gasteiger partial charge in [-0.05, 0) is 31.2 Å². The summed E-state index contributed by atoms with van der Waals surface area (Å²) in [6.07, 6.45) is -4.67. The van der Waals surface area contributed by atoms with Gasteiger partial charge in [0.25, 0.3) is 0 Å². The highest BCUT2D eigenvalue weighted by molar-refractivity contribution is 5.90. The van der Waals surface area contributed by atoms with Gasteiger partial charge in [0.05, 0.1) is 17.9 Å². The number of benzene rings is 1. The number of rotatable bonds is 4. The molecule has 0 aliphatic rings. The molecule has 10 heteroatoms. The molecule has 0 fully saturated rings. The number of esters is 1. The highest BCUT2D eigenvalue weighted by Gasteiger charge is 2.35. The molecule has 2 amide bonds. The molecule has 1 heterocycles. The molecule has 0 aliphatic heterocycles. The van der Waals surface area contributed by atoms with Crippen LogP contribution in [0.25, 0.3) is 5.69 Å². The molecule has 2 N–H and O–H groups in total. The molecule has 0 spiro atoms. The monoisotopic (exact) mass is 356 g/mol. The summed E-state index contributed by atoms with van der Waals surface area (Å²) in [5.74, 6) is -0.718. The number of hydrogen-bond acceptors (Lipinski definition) is 4. The Balaban J connectivity index is 2.40. The SMILES string of the molecule is CCOC(=O)c1ccc(-n2nc(C(F)(F)F)cc2NC(=O)NC)cc1. The van der Waals surface area contributed by atoms with E-state index in [9.17, 15) is 22.8 Å². The molecule has 7 nitrogen and oxygen atoms in total.